The van der Waals surface area contributed by atoms with E-state index in [0.29, 0.717) is 16.8 Å². The van der Waals surface area contributed by atoms with Crippen molar-refractivity contribution in [3.63, 3.8) is 0 Å². The van der Waals surface area contributed by atoms with E-state index in [1.54, 1.807) is 35.3 Å². The van der Waals surface area contributed by atoms with E-state index in [-0.39, 0.29) is 48.9 Å². The van der Waals surface area contributed by atoms with Crippen molar-refractivity contribution in [3.05, 3.63) is 66.1 Å². The Morgan fingerprint density at radius 3 is 2.50 bits per heavy atom. The van der Waals surface area contributed by atoms with E-state index in [2.05, 4.69) is 15.0 Å². The van der Waals surface area contributed by atoms with Crippen LogP contribution >= 0.6 is 0 Å². The highest BCUT2D eigenvalue weighted by Crippen LogP contribution is 2.29. The number of alkyl halides is 4. The van der Waals surface area contributed by atoms with Crippen LogP contribution in [0.15, 0.2) is 55.0 Å². The number of carbonyl (C=O) groups is 2. The van der Waals surface area contributed by atoms with E-state index in [9.17, 15) is 22.8 Å². The smallest absolute Gasteiger partial charge is 0.486 e. The molecule has 202 valence electrons. The van der Waals surface area contributed by atoms with Crippen LogP contribution in [0.25, 0.3) is 11.3 Å². The molecular weight excluding hydrogens is 508 g/mol. The van der Waals surface area contributed by atoms with Gasteiger partial charge in [0.05, 0.1) is 30.6 Å². The quantitative estimate of drug-likeness (QED) is 0.465. The maximum Gasteiger partial charge on any atom is 0.573 e. The third-order valence-corrected chi connectivity index (χ3v) is 6.08. The number of nitrogens with one attached hydrogen (secondary N) is 1. The molecule has 0 bridgehead atoms. The number of hydrogen-bond donors (Lipinski definition) is 1. The van der Waals surface area contributed by atoms with Gasteiger partial charge in [-0.05, 0) is 35.9 Å². The summed E-state index contributed by atoms with van der Waals surface area (Å²) in [4.78, 5) is 30.9. The van der Waals surface area contributed by atoms with Crippen molar-refractivity contribution in [2.24, 2.45) is 7.05 Å². The number of carbonyl (C=O) groups excluding carboxylic acids is 2. The van der Waals surface area contributed by atoms with Gasteiger partial charge < -0.3 is 24.3 Å². The molecule has 38 heavy (non-hydrogen) atoms. The lowest BCUT2D eigenvalue weighted by molar-refractivity contribution is -0.274. The molecule has 0 aliphatic carbocycles. The molecule has 2 unspecified atom stereocenters. The highest BCUT2D eigenvalue weighted by atomic mass is 19.4. The fourth-order valence-electron chi connectivity index (χ4n) is 4.17. The lowest BCUT2D eigenvalue weighted by Crippen LogP contribution is -2.49. The number of hydrogen-bond acceptors (Lipinski definition) is 5. The summed E-state index contributed by atoms with van der Waals surface area (Å²) in [6.07, 6.45) is -3.65. The second kappa shape index (κ2) is 11.1. The molecule has 0 saturated carbocycles. The monoisotopic (exact) mass is 534 g/mol. The lowest BCUT2D eigenvalue weighted by Gasteiger charge is -2.35. The number of halogens is 4. The summed E-state index contributed by atoms with van der Waals surface area (Å²) in [6.45, 7) is 0.0145. The molecule has 1 N–H and O–H groups in total. The summed E-state index contributed by atoms with van der Waals surface area (Å²) >= 11 is 0. The van der Waals surface area contributed by atoms with Crippen LogP contribution < -0.4 is 14.8 Å². The van der Waals surface area contributed by atoms with E-state index in [4.69, 9.17) is 4.74 Å². The summed E-state index contributed by atoms with van der Waals surface area (Å²) in [6, 6.07) is 9.93. The summed E-state index contributed by atoms with van der Waals surface area (Å²) < 4.78 is 63.6. The van der Waals surface area contributed by atoms with Gasteiger partial charge in [-0.15, -0.1) is 13.2 Å². The molecule has 2 aromatic carbocycles. The largest absolute Gasteiger partial charge is 0.573 e. The molecule has 4 rings (SSSR count). The molecule has 2 atom stereocenters. The number of rotatable bonds is 7. The minimum atomic E-state index is -4.80. The van der Waals surface area contributed by atoms with Gasteiger partial charge in [0.15, 0.2) is 6.17 Å². The van der Waals surface area contributed by atoms with Crippen molar-refractivity contribution in [1.29, 1.82) is 0 Å². The number of aromatic nitrogens is 2. The fraction of sp³-hybridized carbons (Fsp3) is 0.346. The highest BCUT2D eigenvalue weighted by molar-refractivity contribution is 5.98. The molecule has 2 heterocycles. The van der Waals surface area contributed by atoms with Crippen molar-refractivity contribution in [2.45, 2.75) is 31.5 Å². The Morgan fingerprint density at radius 2 is 1.89 bits per heavy atom. The first-order chi connectivity index (χ1) is 18.0. The Kier molecular flexibility index (Phi) is 7.88. The third kappa shape index (κ3) is 6.61. The number of aryl methyl sites for hydroxylation is 1. The second-order valence-electron chi connectivity index (χ2n) is 8.88. The van der Waals surface area contributed by atoms with Gasteiger partial charge in [0.1, 0.15) is 17.6 Å². The van der Waals surface area contributed by atoms with Crippen molar-refractivity contribution in [1.82, 2.24) is 19.8 Å². The van der Waals surface area contributed by atoms with Gasteiger partial charge in [0, 0.05) is 38.8 Å². The topological polar surface area (TPSA) is 85.7 Å². The molecule has 8 nitrogen and oxygen atoms in total. The summed E-state index contributed by atoms with van der Waals surface area (Å²) in [7, 11) is 3.31. The van der Waals surface area contributed by atoms with Crippen molar-refractivity contribution in [2.75, 3.05) is 20.1 Å². The van der Waals surface area contributed by atoms with Gasteiger partial charge in [0.2, 0.25) is 5.91 Å². The molecule has 0 radical (unpaired) electrons. The number of imidazole rings is 1. The van der Waals surface area contributed by atoms with E-state index in [0.717, 1.165) is 12.1 Å². The molecule has 1 aliphatic heterocycles. The molecule has 12 heteroatoms. The zero-order chi connectivity index (χ0) is 27.4. The number of nitrogens with zero attached hydrogens (tertiary/aromatic N) is 3. The average Bonchev–Trinajstić information content (AvgIpc) is 3.31. The van der Waals surface area contributed by atoms with Crippen LogP contribution in [0.1, 0.15) is 22.3 Å². The van der Waals surface area contributed by atoms with Crippen LogP contribution in [0.4, 0.5) is 17.6 Å². The molecule has 1 fully saturated rings. The number of ether oxygens (including phenoxy) is 2. The second-order valence-corrected chi connectivity index (χ2v) is 8.88. The average molecular weight is 535 g/mol. The summed E-state index contributed by atoms with van der Waals surface area (Å²) in [5.41, 5.74) is 2.08. The highest BCUT2D eigenvalue weighted by Gasteiger charge is 2.34. The van der Waals surface area contributed by atoms with Gasteiger partial charge in [-0.25, -0.2) is 9.37 Å². The first-order valence-electron chi connectivity index (χ1n) is 11.8. The van der Waals surface area contributed by atoms with Crippen LogP contribution in [0, 0.1) is 0 Å². The fourth-order valence-corrected chi connectivity index (χ4v) is 4.17. The SMILES string of the molecule is CNC(=O)c1cc(-c2cn(C)cn2)ccc1OC1CCN(C(=O)Cc2ccc(OC(F)(F)F)cc2)CC1F. The Bertz CT molecular complexity index is 1290. The first kappa shape index (κ1) is 27.0. The van der Waals surface area contributed by atoms with Crippen LogP contribution in [0.2, 0.25) is 0 Å². The van der Waals surface area contributed by atoms with Crippen LogP contribution in [-0.4, -0.2) is 65.0 Å². The van der Waals surface area contributed by atoms with Crippen LogP contribution in [0.3, 0.4) is 0 Å². The van der Waals surface area contributed by atoms with Crippen LogP contribution in [-0.2, 0) is 18.3 Å². The zero-order valence-electron chi connectivity index (χ0n) is 20.7. The molecule has 1 aliphatic rings. The molecule has 3 aromatic rings. The molecule has 1 aromatic heterocycles. The first-order valence-corrected chi connectivity index (χ1v) is 11.8. The van der Waals surface area contributed by atoms with Crippen LogP contribution in [0.5, 0.6) is 11.5 Å². The number of benzene rings is 2. The normalized spacial score (nSPS) is 17.7. The Hall–Kier alpha value is -4.09. The molecule has 0 spiro atoms. The van der Waals surface area contributed by atoms with Gasteiger partial charge in [0.25, 0.3) is 5.91 Å². The minimum absolute atomic E-state index is 0.0969. The Morgan fingerprint density at radius 1 is 1.16 bits per heavy atom. The van der Waals surface area contributed by atoms with Gasteiger partial charge in [-0.3, -0.25) is 9.59 Å². The Balaban J connectivity index is 1.38. The molecule has 2 amide bonds. The molecular formula is C26H26F4N4O4. The predicted octanol–water partition coefficient (Wildman–Crippen LogP) is 3.91. The number of amides is 2. The maximum atomic E-state index is 15.1. The molecule has 1 saturated heterocycles. The van der Waals surface area contributed by atoms with Gasteiger partial charge >= 0.3 is 6.36 Å². The van der Waals surface area contributed by atoms with E-state index < -0.39 is 24.5 Å². The Labute approximate surface area is 216 Å². The predicted molar refractivity (Wildman–Crippen MR) is 129 cm³/mol. The maximum absolute atomic E-state index is 15.1. The number of likely N-dealkylation sites (tertiary alicyclic amines) is 1. The van der Waals surface area contributed by atoms with Gasteiger partial charge in [-0.2, -0.15) is 0 Å². The lowest BCUT2D eigenvalue weighted by atomic mass is 10.0. The minimum Gasteiger partial charge on any atom is -0.486 e. The number of piperidine rings is 1. The van der Waals surface area contributed by atoms with Crippen molar-refractivity contribution >= 4 is 11.8 Å². The summed E-state index contributed by atoms with van der Waals surface area (Å²) in [5.74, 6) is -0.925. The zero-order valence-corrected chi connectivity index (χ0v) is 20.7. The summed E-state index contributed by atoms with van der Waals surface area (Å²) in [5, 5.41) is 2.56. The van der Waals surface area contributed by atoms with Gasteiger partial charge in [-0.1, -0.05) is 12.1 Å². The van der Waals surface area contributed by atoms with Crippen molar-refractivity contribution in [3.8, 4) is 22.8 Å². The van der Waals surface area contributed by atoms with Crippen molar-refractivity contribution < 1.29 is 36.6 Å². The van der Waals surface area contributed by atoms with E-state index in [1.165, 1.54) is 24.1 Å². The standard InChI is InChI=1S/C26H26F4N4O4/c1-31-25(36)19-12-17(21-14-33(2)15-32-21)5-8-22(19)37-23-9-10-34(13-20(23)27)24(35)11-16-3-6-18(7-4-16)38-26(28,29)30/h3-8,12,14-15,20,23H,9-11,13H2,1-2H3,(H,31,36). The van der Waals surface area contributed by atoms with E-state index in [1.807, 2.05) is 7.05 Å². The third-order valence-electron chi connectivity index (χ3n) is 6.08. The van der Waals surface area contributed by atoms with E-state index >= 15 is 4.39 Å².